The molecule has 5 nitrogen and oxygen atoms in total. The Morgan fingerprint density at radius 3 is 2.67 bits per heavy atom. The highest BCUT2D eigenvalue weighted by Gasteiger charge is 2.50. The highest BCUT2D eigenvalue weighted by molar-refractivity contribution is 7.09. The van der Waals surface area contributed by atoms with Gasteiger partial charge in [-0.05, 0) is 26.6 Å². The predicted molar refractivity (Wildman–Crippen MR) is 71.2 cm³/mol. The van der Waals surface area contributed by atoms with Crippen LogP contribution in [0.3, 0.4) is 0 Å². The van der Waals surface area contributed by atoms with Crippen molar-refractivity contribution in [3.05, 3.63) is 28.2 Å². The molecule has 18 heavy (non-hydrogen) atoms. The van der Waals surface area contributed by atoms with Crippen LogP contribution in [0, 0.1) is 0 Å². The number of carbonyl (C=O) groups excluding carboxylic acids is 1. The molecule has 0 saturated heterocycles. The van der Waals surface area contributed by atoms with E-state index in [0.717, 1.165) is 0 Å². The molecule has 0 radical (unpaired) electrons. The zero-order valence-electron chi connectivity index (χ0n) is 10.8. The van der Waals surface area contributed by atoms with Gasteiger partial charge in [-0.15, -0.1) is 11.3 Å². The molecular weight excluding hydrogens is 268 g/mol. The van der Waals surface area contributed by atoms with E-state index in [1.54, 1.807) is 18.5 Å². The molecule has 0 amide bonds. The smallest absolute Gasteiger partial charge is 0.251 e. The lowest BCUT2D eigenvalue weighted by Gasteiger charge is -2.21. The maximum absolute atomic E-state index is 12.4. The third-order valence-electron chi connectivity index (χ3n) is 2.43. The second kappa shape index (κ2) is 4.10. The minimum absolute atomic E-state index is 0.0557. The van der Waals surface area contributed by atoms with Crippen molar-refractivity contribution in [1.82, 2.24) is 4.98 Å². The monoisotopic (exact) mass is 284 g/mol. The quantitative estimate of drug-likeness (QED) is 0.859. The average Bonchev–Trinajstić information content (AvgIpc) is 2.82. The lowest BCUT2D eigenvalue weighted by molar-refractivity contribution is -0.131. The van der Waals surface area contributed by atoms with E-state index in [1.165, 1.54) is 11.3 Å². The predicted octanol–water partition coefficient (Wildman–Crippen LogP) is 1.94. The number of nitrogens with two attached hydrogens (primary N) is 1. The molecule has 1 aromatic heterocycles. The van der Waals surface area contributed by atoms with Crippen molar-refractivity contribution >= 4 is 25.4 Å². The minimum atomic E-state index is -1.91. The standard InChI is InChI=1S/C11H16N2O3SSi/c1-11(10-13-5-6-17-10)8(14)7(9(12)15-11)16-18(2,3)4/h5-6H,12H2,1-4H3. The Labute approximate surface area is 111 Å². The van der Waals surface area contributed by atoms with Crippen LogP contribution in [0.2, 0.25) is 19.6 Å². The zero-order chi connectivity index (χ0) is 13.6. The van der Waals surface area contributed by atoms with Gasteiger partial charge < -0.3 is 14.9 Å². The number of carbonyl (C=O) groups is 1. The van der Waals surface area contributed by atoms with E-state index in [-0.39, 0.29) is 17.4 Å². The summed E-state index contributed by atoms with van der Waals surface area (Å²) >= 11 is 1.36. The molecular formula is C11H16N2O3SSi. The molecule has 2 rings (SSSR count). The van der Waals surface area contributed by atoms with E-state index in [1.807, 2.05) is 19.6 Å². The Hall–Kier alpha value is -1.34. The normalized spacial score (nSPS) is 24.3. The van der Waals surface area contributed by atoms with Crippen LogP contribution in [-0.2, 0) is 19.6 Å². The molecule has 0 spiro atoms. The second-order valence-electron chi connectivity index (χ2n) is 5.21. The Balaban J connectivity index is 2.32. The molecule has 1 aliphatic heterocycles. The summed E-state index contributed by atoms with van der Waals surface area (Å²) in [6, 6.07) is 0. The van der Waals surface area contributed by atoms with Gasteiger partial charge in [0.25, 0.3) is 5.78 Å². The van der Waals surface area contributed by atoms with Gasteiger partial charge in [-0.25, -0.2) is 4.98 Å². The fraction of sp³-hybridized carbons (Fsp3) is 0.455. The van der Waals surface area contributed by atoms with E-state index >= 15 is 0 Å². The summed E-state index contributed by atoms with van der Waals surface area (Å²) < 4.78 is 11.2. The van der Waals surface area contributed by atoms with Gasteiger partial charge in [-0.3, -0.25) is 4.79 Å². The van der Waals surface area contributed by atoms with Gasteiger partial charge in [0.1, 0.15) is 5.01 Å². The third-order valence-corrected chi connectivity index (χ3v) is 4.22. The number of hydrogen-bond acceptors (Lipinski definition) is 6. The first-order chi connectivity index (χ1) is 8.24. The maximum Gasteiger partial charge on any atom is 0.251 e. The summed E-state index contributed by atoms with van der Waals surface area (Å²) in [6.45, 7) is 7.63. The molecule has 7 heteroatoms. The van der Waals surface area contributed by atoms with E-state index in [0.29, 0.717) is 5.01 Å². The van der Waals surface area contributed by atoms with Crippen molar-refractivity contribution in [2.45, 2.75) is 32.2 Å². The number of Topliss-reactive ketones (excluding diaryl/α,β-unsaturated/α-hetero) is 1. The molecule has 0 aliphatic carbocycles. The van der Waals surface area contributed by atoms with Crippen LogP contribution < -0.4 is 5.73 Å². The van der Waals surface area contributed by atoms with Crippen molar-refractivity contribution in [3.63, 3.8) is 0 Å². The number of ketones is 1. The molecule has 2 N–H and O–H groups in total. The third kappa shape index (κ3) is 2.15. The van der Waals surface area contributed by atoms with Crippen molar-refractivity contribution in [1.29, 1.82) is 0 Å². The molecule has 1 aliphatic rings. The van der Waals surface area contributed by atoms with Gasteiger partial charge in [0, 0.05) is 11.6 Å². The Morgan fingerprint density at radius 1 is 1.50 bits per heavy atom. The first-order valence-electron chi connectivity index (χ1n) is 5.56. The molecule has 0 bridgehead atoms. The molecule has 1 aromatic rings. The maximum atomic E-state index is 12.4. The van der Waals surface area contributed by atoms with Crippen LogP contribution in [0.4, 0.5) is 0 Å². The van der Waals surface area contributed by atoms with E-state index in [4.69, 9.17) is 14.9 Å². The van der Waals surface area contributed by atoms with E-state index < -0.39 is 13.9 Å². The van der Waals surface area contributed by atoms with Gasteiger partial charge in [-0.1, -0.05) is 0 Å². The Bertz CT molecular complexity index is 507. The number of nitrogens with zero attached hydrogens (tertiary/aromatic N) is 1. The van der Waals surface area contributed by atoms with Crippen LogP contribution in [-0.4, -0.2) is 19.1 Å². The molecule has 0 saturated carbocycles. The topological polar surface area (TPSA) is 74.4 Å². The molecule has 0 fully saturated rings. The number of rotatable bonds is 3. The minimum Gasteiger partial charge on any atom is -0.538 e. The summed E-state index contributed by atoms with van der Waals surface area (Å²) in [5.41, 5.74) is 4.62. The van der Waals surface area contributed by atoms with Crippen molar-refractivity contribution in [3.8, 4) is 0 Å². The lowest BCUT2D eigenvalue weighted by Crippen LogP contribution is -2.34. The van der Waals surface area contributed by atoms with Crippen LogP contribution in [0.5, 0.6) is 0 Å². The van der Waals surface area contributed by atoms with Gasteiger partial charge in [0.05, 0.1) is 0 Å². The summed E-state index contributed by atoms with van der Waals surface area (Å²) in [5.74, 6) is -0.0515. The van der Waals surface area contributed by atoms with Crippen LogP contribution >= 0.6 is 11.3 Å². The Kier molecular flexibility index (Phi) is 2.98. The molecule has 2 heterocycles. The van der Waals surface area contributed by atoms with Crippen LogP contribution in [0.25, 0.3) is 0 Å². The van der Waals surface area contributed by atoms with Gasteiger partial charge in [-0.2, -0.15) is 0 Å². The van der Waals surface area contributed by atoms with E-state index in [2.05, 4.69) is 4.98 Å². The van der Waals surface area contributed by atoms with Gasteiger partial charge in [0.15, 0.2) is 0 Å². The first-order valence-corrected chi connectivity index (χ1v) is 9.85. The lowest BCUT2D eigenvalue weighted by atomic mass is 10.0. The fourth-order valence-electron chi connectivity index (χ4n) is 1.64. The first kappa shape index (κ1) is 13.1. The number of ether oxygens (including phenoxy) is 1. The summed E-state index contributed by atoms with van der Waals surface area (Å²) in [6.07, 6.45) is 1.63. The molecule has 0 aromatic carbocycles. The zero-order valence-corrected chi connectivity index (χ0v) is 12.6. The molecule has 1 unspecified atom stereocenters. The average molecular weight is 284 g/mol. The van der Waals surface area contributed by atoms with Gasteiger partial charge >= 0.3 is 0 Å². The van der Waals surface area contributed by atoms with Crippen LogP contribution in [0.1, 0.15) is 11.9 Å². The summed E-state index contributed by atoms with van der Waals surface area (Å²) in [7, 11) is -1.91. The Morgan fingerprint density at radius 2 is 2.17 bits per heavy atom. The van der Waals surface area contributed by atoms with Crippen molar-refractivity contribution < 1.29 is 14.0 Å². The van der Waals surface area contributed by atoms with Crippen molar-refractivity contribution in [2.75, 3.05) is 0 Å². The number of aromatic nitrogens is 1. The highest BCUT2D eigenvalue weighted by Crippen LogP contribution is 2.39. The molecule has 98 valence electrons. The SMILES string of the molecule is CC1(c2nccs2)OC(N)=C(O[Si](C)(C)C)C1=O. The van der Waals surface area contributed by atoms with Crippen molar-refractivity contribution in [2.24, 2.45) is 5.73 Å². The molecule has 1 atom stereocenters. The van der Waals surface area contributed by atoms with Gasteiger partial charge in [0.2, 0.25) is 25.6 Å². The van der Waals surface area contributed by atoms with Crippen LogP contribution in [0.15, 0.2) is 23.2 Å². The largest absolute Gasteiger partial charge is 0.538 e. The van der Waals surface area contributed by atoms with E-state index in [9.17, 15) is 4.79 Å². The number of hydrogen-bond donors (Lipinski definition) is 1. The summed E-state index contributed by atoms with van der Waals surface area (Å²) in [4.78, 5) is 16.5. The summed E-state index contributed by atoms with van der Waals surface area (Å²) in [5, 5.41) is 2.38. The second-order valence-corrected chi connectivity index (χ2v) is 10.5. The number of thiazole rings is 1. The highest BCUT2D eigenvalue weighted by atomic mass is 32.1. The fourth-order valence-corrected chi connectivity index (χ4v) is 3.18.